The zero-order valence-electron chi connectivity index (χ0n) is 9.37. The van der Waals surface area contributed by atoms with Crippen LogP contribution < -0.4 is 5.73 Å². The number of nitrogens with zero attached hydrogens (tertiary/aromatic N) is 2. The van der Waals surface area contributed by atoms with Crippen LogP contribution in [0.25, 0.3) is 0 Å². The van der Waals surface area contributed by atoms with Crippen molar-refractivity contribution in [3.63, 3.8) is 0 Å². The van der Waals surface area contributed by atoms with Gasteiger partial charge in [0.25, 0.3) is 0 Å². The molecule has 1 rings (SSSR count). The third kappa shape index (κ3) is 2.77. The SMILES string of the molecule is CN(C)Cc1nc(C(C)(C)CN)cs1. The van der Waals surface area contributed by atoms with Gasteiger partial charge in [0, 0.05) is 23.9 Å². The van der Waals surface area contributed by atoms with E-state index in [0.717, 1.165) is 17.2 Å². The standard InChI is InChI=1S/C10H19N3S/c1-10(2,7-11)8-6-14-9(12-8)5-13(3)4/h6H,5,7,11H2,1-4H3. The molecule has 80 valence electrons. The minimum absolute atomic E-state index is 0.00105. The van der Waals surface area contributed by atoms with E-state index in [-0.39, 0.29) is 5.41 Å². The topological polar surface area (TPSA) is 42.2 Å². The molecule has 1 heterocycles. The molecule has 0 spiro atoms. The van der Waals surface area contributed by atoms with Gasteiger partial charge in [-0.1, -0.05) is 13.8 Å². The zero-order chi connectivity index (χ0) is 10.8. The lowest BCUT2D eigenvalue weighted by Crippen LogP contribution is -2.28. The molecule has 0 fully saturated rings. The largest absolute Gasteiger partial charge is 0.330 e. The van der Waals surface area contributed by atoms with Crippen LogP contribution in [0.5, 0.6) is 0 Å². The fraction of sp³-hybridized carbons (Fsp3) is 0.700. The predicted octanol–water partition coefficient (Wildman–Crippen LogP) is 1.44. The van der Waals surface area contributed by atoms with Crippen LogP contribution in [0.2, 0.25) is 0 Å². The molecule has 1 aromatic rings. The van der Waals surface area contributed by atoms with Crippen molar-refractivity contribution >= 4 is 11.3 Å². The lowest BCUT2D eigenvalue weighted by molar-refractivity contribution is 0.400. The van der Waals surface area contributed by atoms with E-state index < -0.39 is 0 Å². The molecule has 0 bridgehead atoms. The summed E-state index contributed by atoms with van der Waals surface area (Å²) < 4.78 is 0. The summed E-state index contributed by atoms with van der Waals surface area (Å²) in [6, 6.07) is 0. The van der Waals surface area contributed by atoms with E-state index in [1.165, 1.54) is 0 Å². The Kier molecular flexibility index (Phi) is 3.64. The van der Waals surface area contributed by atoms with Crippen molar-refractivity contribution in [1.82, 2.24) is 9.88 Å². The highest BCUT2D eigenvalue weighted by Gasteiger charge is 2.21. The Balaban J connectivity index is 2.77. The number of nitrogens with two attached hydrogens (primary N) is 1. The van der Waals surface area contributed by atoms with E-state index in [1.807, 2.05) is 0 Å². The molecule has 0 aliphatic carbocycles. The highest BCUT2D eigenvalue weighted by molar-refractivity contribution is 7.09. The maximum Gasteiger partial charge on any atom is 0.107 e. The van der Waals surface area contributed by atoms with Crippen molar-refractivity contribution in [1.29, 1.82) is 0 Å². The summed E-state index contributed by atoms with van der Waals surface area (Å²) in [7, 11) is 4.10. The van der Waals surface area contributed by atoms with Crippen LogP contribution in [0.4, 0.5) is 0 Å². The Labute approximate surface area is 89.9 Å². The Morgan fingerprint density at radius 2 is 2.14 bits per heavy atom. The molecule has 0 unspecified atom stereocenters. The van der Waals surface area contributed by atoms with E-state index in [9.17, 15) is 0 Å². The van der Waals surface area contributed by atoms with Gasteiger partial charge in [-0.2, -0.15) is 0 Å². The molecule has 0 aliphatic heterocycles. The summed E-state index contributed by atoms with van der Waals surface area (Å²) in [4.78, 5) is 6.71. The maximum absolute atomic E-state index is 5.70. The van der Waals surface area contributed by atoms with E-state index in [2.05, 4.69) is 43.2 Å². The first kappa shape index (κ1) is 11.6. The van der Waals surface area contributed by atoms with Crippen LogP contribution in [0, 0.1) is 0 Å². The number of aromatic nitrogens is 1. The smallest absolute Gasteiger partial charge is 0.107 e. The molecule has 2 N–H and O–H groups in total. The average molecular weight is 213 g/mol. The van der Waals surface area contributed by atoms with Crippen molar-refractivity contribution in [2.24, 2.45) is 5.73 Å². The normalized spacial score (nSPS) is 12.4. The highest BCUT2D eigenvalue weighted by atomic mass is 32.1. The van der Waals surface area contributed by atoms with Crippen molar-refractivity contribution in [2.75, 3.05) is 20.6 Å². The molecule has 4 heteroatoms. The van der Waals surface area contributed by atoms with E-state index >= 15 is 0 Å². The van der Waals surface area contributed by atoms with Crippen LogP contribution >= 0.6 is 11.3 Å². The van der Waals surface area contributed by atoms with Gasteiger partial charge in [0.05, 0.1) is 5.69 Å². The molecule has 1 aromatic heterocycles. The molecule has 0 aliphatic rings. The predicted molar refractivity (Wildman–Crippen MR) is 61.6 cm³/mol. The van der Waals surface area contributed by atoms with Gasteiger partial charge in [-0.3, -0.25) is 0 Å². The highest BCUT2D eigenvalue weighted by Crippen LogP contribution is 2.23. The summed E-state index contributed by atoms with van der Waals surface area (Å²) in [5.41, 5.74) is 6.82. The number of rotatable bonds is 4. The first-order valence-corrected chi connectivity index (χ1v) is 5.63. The maximum atomic E-state index is 5.70. The van der Waals surface area contributed by atoms with Crippen LogP contribution in [-0.4, -0.2) is 30.5 Å². The summed E-state index contributed by atoms with van der Waals surface area (Å²) in [5, 5.41) is 3.28. The lowest BCUT2D eigenvalue weighted by Gasteiger charge is -2.19. The van der Waals surface area contributed by atoms with Crippen molar-refractivity contribution in [2.45, 2.75) is 25.8 Å². The second kappa shape index (κ2) is 4.38. The molecule has 0 aromatic carbocycles. The Bertz CT molecular complexity index is 291. The van der Waals surface area contributed by atoms with Gasteiger partial charge in [0.2, 0.25) is 0 Å². The van der Waals surface area contributed by atoms with E-state index in [0.29, 0.717) is 6.54 Å². The van der Waals surface area contributed by atoms with E-state index in [4.69, 9.17) is 5.73 Å². The number of hydrogen-bond acceptors (Lipinski definition) is 4. The molecule has 0 atom stereocenters. The second-order valence-electron chi connectivity index (χ2n) is 4.45. The molecule has 0 amide bonds. The molecule has 0 saturated heterocycles. The number of hydrogen-bond donors (Lipinski definition) is 1. The molecule has 0 saturated carbocycles. The van der Waals surface area contributed by atoms with Gasteiger partial charge in [0.15, 0.2) is 0 Å². The summed E-state index contributed by atoms with van der Waals surface area (Å²) >= 11 is 1.71. The van der Waals surface area contributed by atoms with Gasteiger partial charge in [-0.15, -0.1) is 11.3 Å². The van der Waals surface area contributed by atoms with Crippen molar-refractivity contribution < 1.29 is 0 Å². The Morgan fingerprint density at radius 3 is 2.64 bits per heavy atom. The molecule has 3 nitrogen and oxygen atoms in total. The van der Waals surface area contributed by atoms with E-state index in [1.54, 1.807) is 11.3 Å². The van der Waals surface area contributed by atoms with Gasteiger partial charge in [-0.05, 0) is 14.1 Å². The summed E-state index contributed by atoms with van der Waals surface area (Å²) in [6.07, 6.45) is 0. The first-order valence-electron chi connectivity index (χ1n) is 4.75. The second-order valence-corrected chi connectivity index (χ2v) is 5.39. The molecular weight excluding hydrogens is 194 g/mol. The number of thiazole rings is 1. The summed E-state index contributed by atoms with van der Waals surface area (Å²) in [6.45, 7) is 5.80. The monoisotopic (exact) mass is 213 g/mol. The first-order chi connectivity index (χ1) is 6.45. The Morgan fingerprint density at radius 1 is 1.50 bits per heavy atom. The van der Waals surface area contributed by atoms with Crippen molar-refractivity contribution in [3.8, 4) is 0 Å². The minimum atomic E-state index is 0.00105. The quantitative estimate of drug-likeness (QED) is 0.823. The summed E-state index contributed by atoms with van der Waals surface area (Å²) in [5.74, 6) is 0. The molecule has 14 heavy (non-hydrogen) atoms. The van der Waals surface area contributed by atoms with Gasteiger partial charge >= 0.3 is 0 Å². The van der Waals surface area contributed by atoms with Crippen molar-refractivity contribution in [3.05, 3.63) is 16.1 Å². The third-order valence-corrected chi connectivity index (χ3v) is 3.04. The van der Waals surface area contributed by atoms with Gasteiger partial charge in [-0.25, -0.2) is 4.98 Å². The average Bonchev–Trinajstić information content (AvgIpc) is 2.52. The fourth-order valence-corrected chi connectivity index (χ4v) is 2.17. The third-order valence-electron chi connectivity index (χ3n) is 2.21. The van der Waals surface area contributed by atoms with Gasteiger partial charge in [0.1, 0.15) is 5.01 Å². The Hall–Kier alpha value is -0.450. The lowest BCUT2D eigenvalue weighted by atomic mass is 9.90. The van der Waals surface area contributed by atoms with Crippen LogP contribution in [0.15, 0.2) is 5.38 Å². The molecular formula is C10H19N3S. The minimum Gasteiger partial charge on any atom is -0.330 e. The molecule has 0 radical (unpaired) electrons. The fourth-order valence-electron chi connectivity index (χ4n) is 1.07. The van der Waals surface area contributed by atoms with Crippen LogP contribution in [0.1, 0.15) is 24.5 Å². The van der Waals surface area contributed by atoms with Crippen LogP contribution in [0.3, 0.4) is 0 Å². The van der Waals surface area contributed by atoms with Crippen LogP contribution in [-0.2, 0) is 12.0 Å². The zero-order valence-corrected chi connectivity index (χ0v) is 10.2. The van der Waals surface area contributed by atoms with Gasteiger partial charge < -0.3 is 10.6 Å².